The standard InChI is InChI=1S/C21H22F4N2O3S/c1-29-17-10-13(6-9-16(17)30-20(22)23)11-27(14-7-8-14)12-19(28)26-15-4-2-3-5-18(15)31-21(24)25/h2-6,9-10,14,20-21H,7-8,11-12H2,1H3,(H,26,28). The number of halogens is 4. The van der Waals surface area contributed by atoms with Crippen LogP contribution in [0, 0.1) is 0 Å². The number of carbonyl (C=O) groups is 1. The molecule has 1 saturated carbocycles. The van der Waals surface area contributed by atoms with Crippen LogP contribution in [0.3, 0.4) is 0 Å². The molecule has 0 spiro atoms. The molecule has 1 fully saturated rings. The van der Waals surface area contributed by atoms with Gasteiger partial charge in [0, 0.05) is 17.5 Å². The second-order valence-electron chi connectivity index (χ2n) is 6.92. The van der Waals surface area contributed by atoms with Gasteiger partial charge >= 0.3 is 6.61 Å². The molecule has 0 radical (unpaired) electrons. The van der Waals surface area contributed by atoms with Gasteiger partial charge in [0.15, 0.2) is 11.5 Å². The minimum Gasteiger partial charge on any atom is -0.493 e. The molecule has 1 amide bonds. The summed E-state index contributed by atoms with van der Waals surface area (Å²) in [5.74, 6) is -2.80. The molecule has 0 unspecified atom stereocenters. The third-order valence-electron chi connectivity index (χ3n) is 4.62. The quantitative estimate of drug-likeness (QED) is 0.370. The molecule has 0 aliphatic heterocycles. The van der Waals surface area contributed by atoms with Crippen LogP contribution in [0.25, 0.3) is 0 Å². The largest absolute Gasteiger partial charge is 0.493 e. The lowest BCUT2D eigenvalue weighted by Gasteiger charge is -2.22. The van der Waals surface area contributed by atoms with Gasteiger partial charge in [-0.15, -0.1) is 0 Å². The molecular formula is C21H22F4N2O3S. The van der Waals surface area contributed by atoms with Crippen LogP contribution in [0.1, 0.15) is 18.4 Å². The molecule has 0 aromatic heterocycles. The van der Waals surface area contributed by atoms with Crippen LogP contribution >= 0.6 is 11.8 Å². The SMILES string of the molecule is COc1cc(CN(CC(=O)Nc2ccccc2SC(F)F)C2CC2)ccc1OC(F)F. The van der Waals surface area contributed by atoms with Gasteiger partial charge < -0.3 is 14.8 Å². The highest BCUT2D eigenvalue weighted by molar-refractivity contribution is 7.99. The number of benzene rings is 2. The van der Waals surface area contributed by atoms with Crippen LogP contribution in [0.4, 0.5) is 23.2 Å². The Hall–Kier alpha value is -2.46. The van der Waals surface area contributed by atoms with Crippen LogP contribution in [-0.2, 0) is 11.3 Å². The normalized spacial score (nSPS) is 13.7. The number of amides is 1. The summed E-state index contributed by atoms with van der Waals surface area (Å²) in [6.45, 7) is -2.50. The van der Waals surface area contributed by atoms with E-state index in [1.807, 2.05) is 4.90 Å². The van der Waals surface area contributed by atoms with Crippen molar-refractivity contribution in [1.82, 2.24) is 4.90 Å². The topological polar surface area (TPSA) is 50.8 Å². The van der Waals surface area contributed by atoms with E-state index < -0.39 is 12.4 Å². The van der Waals surface area contributed by atoms with Crippen LogP contribution in [0.15, 0.2) is 47.4 Å². The number of ether oxygens (including phenoxy) is 2. The van der Waals surface area contributed by atoms with Crippen molar-refractivity contribution in [3.8, 4) is 11.5 Å². The average molecular weight is 458 g/mol. The molecular weight excluding hydrogens is 436 g/mol. The van der Waals surface area contributed by atoms with Crippen molar-refractivity contribution in [3.05, 3.63) is 48.0 Å². The highest BCUT2D eigenvalue weighted by Gasteiger charge is 2.30. The van der Waals surface area contributed by atoms with Crippen molar-refractivity contribution >= 4 is 23.4 Å². The van der Waals surface area contributed by atoms with E-state index in [4.69, 9.17) is 4.74 Å². The fourth-order valence-corrected chi connectivity index (χ4v) is 3.73. The number of hydrogen-bond donors (Lipinski definition) is 1. The number of thioether (sulfide) groups is 1. The Labute approximate surface area is 181 Å². The van der Waals surface area contributed by atoms with Gasteiger partial charge in [-0.25, -0.2) is 0 Å². The molecule has 1 aliphatic rings. The van der Waals surface area contributed by atoms with Gasteiger partial charge in [-0.1, -0.05) is 30.0 Å². The Morgan fingerprint density at radius 1 is 1.16 bits per heavy atom. The molecule has 10 heteroatoms. The predicted molar refractivity (Wildman–Crippen MR) is 110 cm³/mol. The zero-order valence-electron chi connectivity index (χ0n) is 16.7. The zero-order valence-corrected chi connectivity index (χ0v) is 17.5. The highest BCUT2D eigenvalue weighted by atomic mass is 32.2. The predicted octanol–water partition coefficient (Wildman–Crippen LogP) is 5.21. The lowest BCUT2D eigenvalue weighted by Crippen LogP contribution is -2.34. The third-order valence-corrected chi connectivity index (χ3v) is 5.41. The van der Waals surface area contributed by atoms with Crippen LogP contribution in [0.5, 0.6) is 11.5 Å². The molecule has 2 aromatic carbocycles. The number of carbonyl (C=O) groups excluding carboxylic acids is 1. The molecule has 168 valence electrons. The first-order chi connectivity index (χ1) is 14.9. The maximum atomic E-state index is 12.7. The summed E-state index contributed by atoms with van der Waals surface area (Å²) in [5.41, 5.74) is 1.11. The van der Waals surface area contributed by atoms with Crippen LogP contribution < -0.4 is 14.8 Å². The Bertz CT molecular complexity index is 897. The summed E-state index contributed by atoms with van der Waals surface area (Å²) in [4.78, 5) is 14.9. The molecule has 1 N–H and O–H groups in total. The van der Waals surface area contributed by atoms with E-state index in [2.05, 4.69) is 10.1 Å². The smallest absolute Gasteiger partial charge is 0.387 e. The van der Waals surface area contributed by atoms with Crippen molar-refractivity contribution in [1.29, 1.82) is 0 Å². The molecule has 2 aromatic rings. The Morgan fingerprint density at radius 3 is 2.55 bits per heavy atom. The van der Waals surface area contributed by atoms with Gasteiger partial charge in [0.2, 0.25) is 5.91 Å². The van der Waals surface area contributed by atoms with E-state index in [-0.39, 0.29) is 30.0 Å². The van der Waals surface area contributed by atoms with E-state index in [1.54, 1.807) is 30.3 Å². The molecule has 0 atom stereocenters. The fraction of sp³-hybridized carbons (Fsp3) is 0.381. The maximum Gasteiger partial charge on any atom is 0.387 e. The lowest BCUT2D eigenvalue weighted by atomic mass is 10.2. The zero-order chi connectivity index (χ0) is 22.4. The van der Waals surface area contributed by atoms with Gasteiger partial charge in [-0.2, -0.15) is 17.6 Å². The summed E-state index contributed by atoms with van der Waals surface area (Å²) in [6.07, 6.45) is 1.88. The van der Waals surface area contributed by atoms with E-state index in [0.29, 0.717) is 28.9 Å². The molecule has 1 aliphatic carbocycles. The molecule has 0 saturated heterocycles. The van der Waals surface area contributed by atoms with Crippen molar-refractivity contribution in [2.24, 2.45) is 0 Å². The second-order valence-corrected chi connectivity index (χ2v) is 7.95. The molecule has 0 heterocycles. The minimum atomic E-state index is -2.96. The molecule has 31 heavy (non-hydrogen) atoms. The lowest BCUT2D eigenvalue weighted by molar-refractivity contribution is -0.117. The van der Waals surface area contributed by atoms with E-state index >= 15 is 0 Å². The van der Waals surface area contributed by atoms with E-state index in [1.165, 1.54) is 19.2 Å². The first kappa shape index (κ1) is 23.2. The average Bonchev–Trinajstić information content (AvgIpc) is 3.54. The van der Waals surface area contributed by atoms with Crippen molar-refractivity contribution in [3.63, 3.8) is 0 Å². The number of nitrogens with one attached hydrogen (secondary N) is 1. The third kappa shape index (κ3) is 7.03. The number of hydrogen-bond acceptors (Lipinski definition) is 5. The summed E-state index contributed by atoms with van der Waals surface area (Å²) >= 11 is 0.376. The molecule has 3 rings (SSSR count). The maximum absolute atomic E-state index is 12.7. The van der Waals surface area contributed by atoms with Gasteiger partial charge in [0.05, 0.1) is 19.3 Å². The van der Waals surface area contributed by atoms with Crippen LogP contribution in [0.2, 0.25) is 0 Å². The first-order valence-electron chi connectivity index (χ1n) is 9.55. The number of rotatable bonds is 11. The Balaban J connectivity index is 1.66. The first-order valence-corrected chi connectivity index (χ1v) is 10.4. The second kappa shape index (κ2) is 10.7. The van der Waals surface area contributed by atoms with Crippen molar-refractivity contribution in [2.75, 3.05) is 19.0 Å². The number of alkyl halides is 4. The van der Waals surface area contributed by atoms with E-state index in [0.717, 1.165) is 18.4 Å². The number of methoxy groups -OCH3 is 1. The summed E-state index contributed by atoms with van der Waals surface area (Å²) in [5, 5.41) is 2.71. The highest BCUT2D eigenvalue weighted by Crippen LogP contribution is 2.34. The van der Waals surface area contributed by atoms with Gasteiger partial charge in [-0.05, 0) is 42.7 Å². The van der Waals surface area contributed by atoms with E-state index in [9.17, 15) is 22.4 Å². The summed E-state index contributed by atoms with van der Waals surface area (Å²) in [6, 6.07) is 11.3. The fourth-order valence-electron chi connectivity index (χ4n) is 3.13. The van der Waals surface area contributed by atoms with Gasteiger partial charge in [0.1, 0.15) is 0 Å². The minimum absolute atomic E-state index is 0.0647. The van der Waals surface area contributed by atoms with Gasteiger partial charge in [0.25, 0.3) is 5.76 Å². The van der Waals surface area contributed by atoms with Crippen molar-refractivity contribution in [2.45, 2.75) is 42.7 Å². The Kier molecular flexibility index (Phi) is 8.03. The summed E-state index contributed by atoms with van der Waals surface area (Å²) in [7, 11) is 1.36. The molecule has 5 nitrogen and oxygen atoms in total. The monoisotopic (exact) mass is 458 g/mol. The molecule has 0 bridgehead atoms. The number of para-hydroxylation sites is 1. The number of nitrogens with zero attached hydrogens (tertiary/aromatic N) is 1. The van der Waals surface area contributed by atoms with Crippen LogP contribution in [-0.4, -0.2) is 42.9 Å². The number of anilines is 1. The summed E-state index contributed by atoms with van der Waals surface area (Å²) < 4.78 is 60.1. The van der Waals surface area contributed by atoms with Crippen molar-refractivity contribution < 1.29 is 31.8 Å². The Morgan fingerprint density at radius 2 is 1.90 bits per heavy atom. The van der Waals surface area contributed by atoms with Gasteiger partial charge in [-0.3, -0.25) is 9.69 Å².